The van der Waals surface area contributed by atoms with Crippen molar-refractivity contribution in [1.82, 2.24) is 0 Å². The van der Waals surface area contributed by atoms with E-state index in [1.807, 2.05) is 0 Å². The van der Waals surface area contributed by atoms with E-state index in [4.69, 9.17) is 4.74 Å². The third kappa shape index (κ3) is 1.75. The van der Waals surface area contributed by atoms with Crippen LogP contribution in [0, 0.1) is 0 Å². The molecule has 76 valence electrons. The van der Waals surface area contributed by atoms with Gasteiger partial charge in [-0.2, -0.15) is 0 Å². The molecule has 1 heterocycles. The van der Waals surface area contributed by atoms with Crippen molar-refractivity contribution in [2.75, 3.05) is 6.61 Å². The standard InChI is InChI=1S/C11H20O2/c1-2-10(12)5-7-11(8-6-10)4-3-9-13-11/h12H,2-9H2,1H3/t10-,11+. The minimum absolute atomic E-state index is 0.168. The molecule has 0 amide bonds. The summed E-state index contributed by atoms with van der Waals surface area (Å²) in [5.74, 6) is 0. The number of hydrogen-bond donors (Lipinski definition) is 1. The molecule has 2 heteroatoms. The molecule has 2 aliphatic rings. The Labute approximate surface area is 80.3 Å². The van der Waals surface area contributed by atoms with Crippen LogP contribution in [-0.4, -0.2) is 22.9 Å². The lowest BCUT2D eigenvalue weighted by atomic mass is 9.74. The molecule has 0 aromatic heterocycles. The van der Waals surface area contributed by atoms with Gasteiger partial charge in [0, 0.05) is 6.61 Å². The second-order valence-electron chi connectivity index (χ2n) is 4.71. The first kappa shape index (κ1) is 9.47. The normalized spacial score (nSPS) is 45.7. The zero-order chi connectivity index (χ0) is 9.36. The molecule has 2 rings (SSSR count). The Bertz CT molecular complexity index is 173. The van der Waals surface area contributed by atoms with E-state index < -0.39 is 0 Å². The molecule has 13 heavy (non-hydrogen) atoms. The van der Waals surface area contributed by atoms with Crippen molar-refractivity contribution in [3.8, 4) is 0 Å². The highest BCUT2D eigenvalue weighted by Gasteiger charge is 2.43. The lowest BCUT2D eigenvalue weighted by Gasteiger charge is -2.41. The highest BCUT2D eigenvalue weighted by molar-refractivity contribution is 4.95. The van der Waals surface area contributed by atoms with Crippen LogP contribution >= 0.6 is 0 Å². The van der Waals surface area contributed by atoms with Crippen molar-refractivity contribution < 1.29 is 9.84 Å². The average molecular weight is 184 g/mol. The topological polar surface area (TPSA) is 29.5 Å². The first-order chi connectivity index (χ1) is 6.18. The number of rotatable bonds is 1. The van der Waals surface area contributed by atoms with Crippen LogP contribution in [0.3, 0.4) is 0 Å². The lowest BCUT2D eigenvalue weighted by molar-refractivity contribution is -0.0918. The van der Waals surface area contributed by atoms with E-state index in [-0.39, 0.29) is 11.2 Å². The van der Waals surface area contributed by atoms with Gasteiger partial charge >= 0.3 is 0 Å². The molecular formula is C11H20O2. The molecule has 2 nitrogen and oxygen atoms in total. The smallest absolute Gasteiger partial charge is 0.0685 e. The van der Waals surface area contributed by atoms with Gasteiger partial charge in [0.2, 0.25) is 0 Å². The van der Waals surface area contributed by atoms with Gasteiger partial charge in [-0.15, -0.1) is 0 Å². The molecule has 0 aromatic rings. The van der Waals surface area contributed by atoms with Gasteiger partial charge in [0.05, 0.1) is 11.2 Å². The van der Waals surface area contributed by atoms with Crippen molar-refractivity contribution in [2.24, 2.45) is 0 Å². The zero-order valence-electron chi connectivity index (χ0n) is 8.51. The van der Waals surface area contributed by atoms with Gasteiger partial charge in [-0.1, -0.05) is 6.92 Å². The average Bonchev–Trinajstić information content (AvgIpc) is 2.61. The van der Waals surface area contributed by atoms with Gasteiger partial charge in [0.1, 0.15) is 0 Å². The molecule has 2 fully saturated rings. The van der Waals surface area contributed by atoms with E-state index in [1.165, 1.54) is 12.8 Å². The van der Waals surface area contributed by atoms with Crippen molar-refractivity contribution in [3.63, 3.8) is 0 Å². The molecule has 1 saturated carbocycles. The summed E-state index contributed by atoms with van der Waals surface area (Å²) in [6.07, 6.45) is 7.32. The van der Waals surface area contributed by atoms with Crippen LogP contribution in [0.5, 0.6) is 0 Å². The van der Waals surface area contributed by atoms with E-state index in [0.717, 1.165) is 38.7 Å². The highest BCUT2D eigenvalue weighted by Crippen LogP contribution is 2.43. The van der Waals surface area contributed by atoms with E-state index >= 15 is 0 Å². The minimum atomic E-state index is -0.378. The van der Waals surface area contributed by atoms with Crippen LogP contribution in [0.1, 0.15) is 51.9 Å². The molecule has 0 atom stereocenters. The van der Waals surface area contributed by atoms with Crippen molar-refractivity contribution in [2.45, 2.75) is 63.1 Å². The molecule has 1 aliphatic carbocycles. The summed E-state index contributed by atoms with van der Waals surface area (Å²) in [5, 5.41) is 10.1. The maximum Gasteiger partial charge on any atom is 0.0685 e. The van der Waals surface area contributed by atoms with Gasteiger partial charge in [0.25, 0.3) is 0 Å². The van der Waals surface area contributed by atoms with Gasteiger partial charge < -0.3 is 9.84 Å². The number of hydrogen-bond acceptors (Lipinski definition) is 2. The summed E-state index contributed by atoms with van der Waals surface area (Å²) in [7, 11) is 0. The van der Waals surface area contributed by atoms with Crippen LogP contribution < -0.4 is 0 Å². The summed E-state index contributed by atoms with van der Waals surface area (Å²) >= 11 is 0. The Balaban J connectivity index is 1.95. The Hall–Kier alpha value is -0.0800. The van der Waals surface area contributed by atoms with Crippen molar-refractivity contribution >= 4 is 0 Å². The fourth-order valence-corrected chi connectivity index (χ4v) is 2.67. The first-order valence-electron chi connectivity index (χ1n) is 5.54. The van der Waals surface area contributed by atoms with Crippen LogP contribution in [0.4, 0.5) is 0 Å². The molecule has 0 radical (unpaired) electrons. The molecule has 1 spiro atoms. The summed E-state index contributed by atoms with van der Waals surface area (Å²) in [6.45, 7) is 3.01. The molecular weight excluding hydrogens is 164 g/mol. The number of ether oxygens (including phenoxy) is 1. The van der Waals surface area contributed by atoms with E-state index in [0.29, 0.717) is 0 Å². The summed E-state index contributed by atoms with van der Waals surface area (Å²) in [5.41, 5.74) is -0.210. The largest absolute Gasteiger partial charge is 0.390 e. The third-order valence-corrected chi connectivity index (χ3v) is 3.94. The van der Waals surface area contributed by atoms with Gasteiger partial charge in [-0.25, -0.2) is 0 Å². The highest BCUT2D eigenvalue weighted by atomic mass is 16.5. The molecule has 1 N–H and O–H groups in total. The van der Waals surface area contributed by atoms with Crippen molar-refractivity contribution in [1.29, 1.82) is 0 Å². The Kier molecular flexibility index (Phi) is 2.37. The Morgan fingerprint density at radius 3 is 2.31 bits per heavy atom. The summed E-state index contributed by atoms with van der Waals surface area (Å²) < 4.78 is 5.81. The maximum atomic E-state index is 10.1. The van der Waals surface area contributed by atoms with E-state index in [9.17, 15) is 5.11 Å². The van der Waals surface area contributed by atoms with Crippen LogP contribution in [0.25, 0.3) is 0 Å². The second kappa shape index (κ2) is 3.25. The first-order valence-corrected chi connectivity index (χ1v) is 5.54. The monoisotopic (exact) mass is 184 g/mol. The third-order valence-electron chi connectivity index (χ3n) is 3.94. The molecule has 0 bridgehead atoms. The molecule has 1 saturated heterocycles. The van der Waals surface area contributed by atoms with Crippen LogP contribution in [-0.2, 0) is 4.74 Å². The van der Waals surface area contributed by atoms with Gasteiger partial charge in [0.15, 0.2) is 0 Å². The van der Waals surface area contributed by atoms with E-state index in [2.05, 4.69) is 6.92 Å². The summed E-state index contributed by atoms with van der Waals surface area (Å²) in [4.78, 5) is 0. The quantitative estimate of drug-likeness (QED) is 0.677. The lowest BCUT2D eigenvalue weighted by Crippen LogP contribution is -2.42. The van der Waals surface area contributed by atoms with Gasteiger partial charge in [-0.05, 0) is 44.9 Å². The van der Waals surface area contributed by atoms with Crippen molar-refractivity contribution in [3.05, 3.63) is 0 Å². The fraction of sp³-hybridized carbons (Fsp3) is 1.00. The molecule has 0 aromatic carbocycles. The van der Waals surface area contributed by atoms with Gasteiger partial charge in [-0.3, -0.25) is 0 Å². The SMILES string of the molecule is CC[C@]1(O)CC[C@]2(CCCO2)CC1. The summed E-state index contributed by atoms with van der Waals surface area (Å²) in [6, 6.07) is 0. The zero-order valence-corrected chi connectivity index (χ0v) is 8.51. The molecule has 1 aliphatic heterocycles. The van der Waals surface area contributed by atoms with Crippen LogP contribution in [0.2, 0.25) is 0 Å². The van der Waals surface area contributed by atoms with E-state index in [1.54, 1.807) is 0 Å². The Morgan fingerprint density at radius 2 is 1.85 bits per heavy atom. The predicted molar refractivity (Wildman–Crippen MR) is 51.6 cm³/mol. The fourth-order valence-electron chi connectivity index (χ4n) is 2.67. The second-order valence-corrected chi connectivity index (χ2v) is 4.71. The minimum Gasteiger partial charge on any atom is -0.390 e. The number of aliphatic hydroxyl groups is 1. The predicted octanol–water partition coefficient (Wildman–Crippen LogP) is 2.25. The molecule has 0 unspecified atom stereocenters. The Morgan fingerprint density at radius 1 is 1.15 bits per heavy atom. The van der Waals surface area contributed by atoms with Crippen LogP contribution in [0.15, 0.2) is 0 Å². The maximum absolute atomic E-state index is 10.1.